The summed E-state index contributed by atoms with van der Waals surface area (Å²) in [6.07, 6.45) is 1.10. The third kappa shape index (κ3) is 3.59. The standard InChI is InChI=1S/C20H19NO5/c1-12-6-7-13(20(24)25-2)10-16(12)21-19(23)11-26-18-5-3-4-14-15(18)8-9-17(14)22/h3-7,10H,8-9,11H2,1-2H3,(H,21,23). The molecular weight excluding hydrogens is 334 g/mol. The lowest BCUT2D eigenvalue weighted by Gasteiger charge is -2.12. The Hall–Kier alpha value is -3.15. The average Bonchev–Trinajstić information content (AvgIpc) is 3.03. The molecule has 2 aromatic rings. The second-order valence-corrected chi connectivity index (χ2v) is 6.06. The summed E-state index contributed by atoms with van der Waals surface area (Å²) in [5.41, 5.74) is 3.22. The van der Waals surface area contributed by atoms with Crippen LogP contribution in [0.3, 0.4) is 0 Å². The van der Waals surface area contributed by atoms with Gasteiger partial charge in [-0.2, -0.15) is 0 Å². The summed E-state index contributed by atoms with van der Waals surface area (Å²) in [7, 11) is 1.30. The number of ether oxygens (including phenoxy) is 2. The lowest BCUT2D eigenvalue weighted by molar-refractivity contribution is -0.118. The number of carbonyl (C=O) groups is 3. The number of methoxy groups -OCH3 is 1. The maximum atomic E-state index is 12.2. The summed E-state index contributed by atoms with van der Waals surface area (Å²) >= 11 is 0. The summed E-state index contributed by atoms with van der Waals surface area (Å²) in [5, 5.41) is 2.74. The molecule has 6 heteroatoms. The fourth-order valence-corrected chi connectivity index (χ4v) is 2.92. The first-order valence-corrected chi connectivity index (χ1v) is 8.26. The van der Waals surface area contributed by atoms with Crippen LogP contribution in [0, 0.1) is 6.92 Å². The second kappa shape index (κ2) is 7.39. The quantitative estimate of drug-likeness (QED) is 0.836. The van der Waals surface area contributed by atoms with Crippen molar-refractivity contribution in [1.29, 1.82) is 0 Å². The van der Waals surface area contributed by atoms with Gasteiger partial charge >= 0.3 is 5.97 Å². The number of esters is 1. The fourth-order valence-electron chi connectivity index (χ4n) is 2.92. The predicted octanol–water partition coefficient (Wildman–Crippen LogP) is 2.93. The Bertz CT molecular complexity index is 888. The molecule has 0 heterocycles. The first-order valence-electron chi connectivity index (χ1n) is 8.26. The molecular formula is C20H19NO5. The summed E-state index contributed by atoms with van der Waals surface area (Å²) in [5.74, 6) is -0.160. The summed E-state index contributed by atoms with van der Waals surface area (Å²) < 4.78 is 10.3. The number of ketones is 1. The molecule has 0 atom stereocenters. The Balaban J connectivity index is 1.67. The highest BCUT2D eigenvalue weighted by molar-refractivity contribution is 6.01. The molecule has 0 unspecified atom stereocenters. The van der Waals surface area contributed by atoms with Crippen LogP contribution in [0.1, 0.15) is 38.3 Å². The molecule has 1 aliphatic carbocycles. The second-order valence-electron chi connectivity index (χ2n) is 6.06. The SMILES string of the molecule is COC(=O)c1ccc(C)c(NC(=O)COc2cccc3c2CCC3=O)c1. The normalized spacial score (nSPS) is 12.5. The zero-order valence-electron chi connectivity index (χ0n) is 14.6. The number of anilines is 1. The lowest BCUT2D eigenvalue weighted by Crippen LogP contribution is -2.21. The molecule has 0 saturated carbocycles. The van der Waals surface area contributed by atoms with Crippen LogP contribution >= 0.6 is 0 Å². The number of hydrogen-bond acceptors (Lipinski definition) is 5. The van der Waals surface area contributed by atoms with Crippen molar-refractivity contribution in [3.63, 3.8) is 0 Å². The zero-order valence-corrected chi connectivity index (χ0v) is 14.6. The Morgan fingerprint density at radius 2 is 1.96 bits per heavy atom. The number of carbonyl (C=O) groups excluding carboxylic acids is 3. The van der Waals surface area contributed by atoms with Crippen molar-refractivity contribution < 1.29 is 23.9 Å². The first-order chi connectivity index (χ1) is 12.5. The van der Waals surface area contributed by atoms with Crippen molar-refractivity contribution in [2.75, 3.05) is 19.0 Å². The number of amides is 1. The zero-order chi connectivity index (χ0) is 18.7. The third-order valence-electron chi connectivity index (χ3n) is 4.33. The lowest BCUT2D eigenvalue weighted by atomic mass is 10.1. The van der Waals surface area contributed by atoms with Gasteiger partial charge in [0.1, 0.15) is 5.75 Å². The van der Waals surface area contributed by atoms with Gasteiger partial charge in [0.2, 0.25) is 0 Å². The Kier molecular flexibility index (Phi) is 5.02. The molecule has 1 aliphatic rings. The molecule has 0 spiro atoms. The number of aryl methyl sites for hydroxylation is 1. The predicted molar refractivity (Wildman–Crippen MR) is 95.7 cm³/mol. The van der Waals surface area contributed by atoms with E-state index in [0.29, 0.717) is 35.4 Å². The van der Waals surface area contributed by atoms with Crippen LogP contribution in [0.25, 0.3) is 0 Å². The number of nitrogens with one attached hydrogen (secondary N) is 1. The number of Topliss-reactive ketones (excluding diaryl/α,β-unsaturated/α-hetero) is 1. The molecule has 0 fully saturated rings. The smallest absolute Gasteiger partial charge is 0.337 e. The van der Waals surface area contributed by atoms with E-state index in [-0.39, 0.29) is 18.3 Å². The molecule has 0 aliphatic heterocycles. The first kappa shape index (κ1) is 17.7. The van der Waals surface area contributed by atoms with Gasteiger partial charge in [-0.25, -0.2) is 4.79 Å². The molecule has 0 radical (unpaired) electrons. The van der Waals surface area contributed by atoms with Gasteiger partial charge in [-0.05, 0) is 37.1 Å². The summed E-state index contributed by atoms with van der Waals surface area (Å²) in [4.78, 5) is 35.6. The highest BCUT2D eigenvalue weighted by Crippen LogP contribution is 2.30. The molecule has 6 nitrogen and oxygen atoms in total. The van der Waals surface area contributed by atoms with Gasteiger partial charge in [0.15, 0.2) is 12.4 Å². The van der Waals surface area contributed by atoms with Gasteiger partial charge in [0.05, 0.1) is 12.7 Å². The number of hydrogen-bond donors (Lipinski definition) is 1. The van der Waals surface area contributed by atoms with Gasteiger partial charge in [0, 0.05) is 23.2 Å². The van der Waals surface area contributed by atoms with E-state index >= 15 is 0 Å². The molecule has 0 aromatic heterocycles. The highest BCUT2D eigenvalue weighted by Gasteiger charge is 2.23. The van der Waals surface area contributed by atoms with E-state index in [1.807, 2.05) is 6.92 Å². The summed E-state index contributed by atoms with van der Waals surface area (Å²) in [6.45, 7) is 1.64. The van der Waals surface area contributed by atoms with Gasteiger partial charge in [-0.1, -0.05) is 18.2 Å². The molecule has 26 heavy (non-hydrogen) atoms. The summed E-state index contributed by atoms with van der Waals surface area (Å²) in [6, 6.07) is 10.2. The van der Waals surface area contributed by atoms with E-state index < -0.39 is 5.97 Å². The minimum Gasteiger partial charge on any atom is -0.483 e. The van der Waals surface area contributed by atoms with Crippen LogP contribution in [0.4, 0.5) is 5.69 Å². The monoisotopic (exact) mass is 353 g/mol. The van der Waals surface area contributed by atoms with Crippen LogP contribution in [0.2, 0.25) is 0 Å². The van der Waals surface area contributed by atoms with Crippen LogP contribution in [0.15, 0.2) is 36.4 Å². The van der Waals surface area contributed by atoms with E-state index in [2.05, 4.69) is 10.1 Å². The van der Waals surface area contributed by atoms with Gasteiger partial charge in [-0.15, -0.1) is 0 Å². The van der Waals surface area contributed by atoms with E-state index in [1.54, 1.807) is 36.4 Å². The van der Waals surface area contributed by atoms with Crippen LogP contribution in [-0.4, -0.2) is 31.4 Å². The van der Waals surface area contributed by atoms with Crippen molar-refractivity contribution >= 4 is 23.3 Å². The average molecular weight is 353 g/mol. The number of fused-ring (bicyclic) bond motifs is 1. The van der Waals surface area contributed by atoms with E-state index in [9.17, 15) is 14.4 Å². The molecule has 2 aromatic carbocycles. The Morgan fingerprint density at radius 1 is 1.15 bits per heavy atom. The maximum Gasteiger partial charge on any atom is 0.337 e. The van der Waals surface area contributed by atoms with Crippen LogP contribution < -0.4 is 10.1 Å². The fraction of sp³-hybridized carbons (Fsp3) is 0.250. The number of rotatable bonds is 5. The van der Waals surface area contributed by atoms with E-state index in [1.165, 1.54) is 7.11 Å². The van der Waals surface area contributed by atoms with Gasteiger partial charge < -0.3 is 14.8 Å². The highest BCUT2D eigenvalue weighted by atomic mass is 16.5. The topological polar surface area (TPSA) is 81.7 Å². The van der Waals surface area contributed by atoms with Crippen LogP contribution in [0.5, 0.6) is 5.75 Å². The van der Waals surface area contributed by atoms with E-state index in [0.717, 1.165) is 11.1 Å². The van der Waals surface area contributed by atoms with E-state index in [4.69, 9.17) is 4.74 Å². The minimum atomic E-state index is -0.471. The Morgan fingerprint density at radius 3 is 2.73 bits per heavy atom. The molecule has 0 bridgehead atoms. The Labute approximate surface area is 151 Å². The van der Waals surface area contributed by atoms with Crippen molar-refractivity contribution in [1.82, 2.24) is 0 Å². The van der Waals surface area contributed by atoms with Crippen molar-refractivity contribution in [3.8, 4) is 5.75 Å². The molecule has 3 rings (SSSR count). The van der Waals surface area contributed by atoms with Crippen molar-refractivity contribution in [2.24, 2.45) is 0 Å². The molecule has 1 amide bonds. The van der Waals surface area contributed by atoms with Crippen molar-refractivity contribution in [2.45, 2.75) is 19.8 Å². The minimum absolute atomic E-state index is 0.102. The van der Waals surface area contributed by atoms with Gasteiger partial charge in [-0.3, -0.25) is 9.59 Å². The third-order valence-corrected chi connectivity index (χ3v) is 4.33. The van der Waals surface area contributed by atoms with Crippen LogP contribution in [-0.2, 0) is 16.0 Å². The molecule has 1 N–H and O–H groups in total. The van der Waals surface area contributed by atoms with Crippen molar-refractivity contribution in [3.05, 3.63) is 58.7 Å². The number of benzene rings is 2. The molecule has 134 valence electrons. The largest absolute Gasteiger partial charge is 0.483 e. The maximum absolute atomic E-state index is 12.2. The molecule has 0 saturated heterocycles. The van der Waals surface area contributed by atoms with Gasteiger partial charge in [0.25, 0.3) is 5.91 Å².